The molecule has 90 valence electrons. The molecule has 1 aromatic heterocycles. The lowest BCUT2D eigenvalue weighted by Gasteiger charge is -2.15. The SMILES string of the molecule is Cc1cc(OCC(F)(F)C(F)F)nnc1Cl. The second kappa shape index (κ2) is 4.82. The topological polar surface area (TPSA) is 35.0 Å². The molecule has 0 unspecified atom stereocenters. The van der Waals surface area contributed by atoms with Gasteiger partial charge in [-0.2, -0.15) is 8.78 Å². The normalized spacial score (nSPS) is 11.9. The minimum atomic E-state index is -4.21. The Balaban J connectivity index is 2.65. The molecule has 0 bridgehead atoms. The van der Waals surface area contributed by atoms with E-state index in [1.807, 2.05) is 0 Å². The Bertz CT molecular complexity index is 375. The van der Waals surface area contributed by atoms with Gasteiger partial charge in [-0.05, 0) is 12.5 Å². The summed E-state index contributed by atoms with van der Waals surface area (Å²) in [6.07, 6.45) is -3.78. The third-order valence-electron chi connectivity index (χ3n) is 1.63. The lowest BCUT2D eigenvalue weighted by Crippen LogP contribution is -2.33. The van der Waals surface area contributed by atoms with E-state index in [0.29, 0.717) is 5.56 Å². The van der Waals surface area contributed by atoms with Gasteiger partial charge >= 0.3 is 12.3 Å². The van der Waals surface area contributed by atoms with Crippen LogP contribution in [-0.4, -0.2) is 29.2 Å². The molecule has 3 nitrogen and oxygen atoms in total. The van der Waals surface area contributed by atoms with Crippen LogP contribution in [0.3, 0.4) is 0 Å². The summed E-state index contributed by atoms with van der Waals surface area (Å²) in [5.41, 5.74) is 0.451. The first-order chi connectivity index (χ1) is 7.33. The number of aromatic nitrogens is 2. The van der Waals surface area contributed by atoms with Crippen LogP contribution >= 0.6 is 11.6 Å². The fraction of sp³-hybridized carbons (Fsp3) is 0.500. The number of aryl methyl sites for hydroxylation is 1. The predicted molar refractivity (Wildman–Crippen MR) is 48.2 cm³/mol. The molecular weight excluding hydrogens is 252 g/mol. The molecule has 1 aromatic rings. The van der Waals surface area contributed by atoms with Crippen molar-refractivity contribution >= 4 is 11.6 Å². The van der Waals surface area contributed by atoms with Gasteiger partial charge in [0.15, 0.2) is 11.8 Å². The van der Waals surface area contributed by atoms with Crippen molar-refractivity contribution in [2.45, 2.75) is 19.3 Å². The van der Waals surface area contributed by atoms with Gasteiger partial charge in [0.1, 0.15) is 0 Å². The van der Waals surface area contributed by atoms with Gasteiger partial charge in [0.05, 0.1) is 0 Å². The maximum atomic E-state index is 12.5. The van der Waals surface area contributed by atoms with Gasteiger partial charge in [0, 0.05) is 6.07 Å². The second-order valence-corrected chi connectivity index (χ2v) is 3.36. The van der Waals surface area contributed by atoms with E-state index < -0.39 is 19.0 Å². The van der Waals surface area contributed by atoms with Gasteiger partial charge in [0.25, 0.3) is 0 Å². The fourth-order valence-corrected chi connectivity index (χ4v) is 0.842. The first kappa shape index (κ1) is 13.0. The van der Waals surface area contributed by atoms with E-state index in [4.69, 9.17) is 11.6 Å². The summed E-state index contributed by atoms with van der Waals surface area (Å²) in [6, 6.07) is 1.23. The van der Waals surface area contributed by atoms with Crippen LogP contribution in [-0.2, 0) is 0 Å². The first-order valence-corrected chi connectivity index (χ1v) is 4.49. The van der Waals surface area contributed by atoms with Crippen LogP contribution in [0.1, 0.15) is 5.56 Å². The Morgan fingerprint density at radius 2 is 2.06 bits per heavy atom. The molecule has 0 N–H and O–H groups in total. The summed E-state index contributed by atoms with van der Waals surface area (Å²) >= 11 is 5.52. The second-order valence-electron chi connectivity index (χ2n) is 3.01. The molecule has 0 amide bonds. The zero-order valence-corrected chi connectivity index (χ0v) is 8.81. The third-order valence-corrected chi connectivity index (χ3v) is 2.01. The predicted octanol–water partition coefficient (Wildman–Crippen LogP) is 2.72. The molecule has 0 fully saturated rings. The Morgan fingerprint density at radius 3 is 2.56 bits per heavy atom. The van der Waals surface area contributed by atoms with Crippen LogP contribution in [0, 0.1) is 6.92 Å². The van der Waals surface area contributed by atoms with Gasteiger partial charge in [-0.3, -0.25) is 0 Å². The molecule has 16 heavy (non-hydrogen) atoms. The highest BCUT2D eigenvalue weighted by atomic mass is 35.5. The number of nitrogens with zero attached hydrogens (tertiary/aromatic N) is 2. The number of ether oxygens (including phenoxy) is 1. The maximum Gasteiger partial charge on any atom is 0.340 e. The van der Waals surface area contributed by atoms with Crippen LogP contribution < -0.4 is 4.74 Å². The number of hydrogen-bond acceptors (Lipinski definition) is 3. The van der Waals surface area contributed by atoms with Crippen LogP contribution in [0.15, 0.2) is 6.07 Å². The van der Waals surface area contributed by atoms with Gasteiger partial charge in [-0.1, -0.05) is 11.6 Å². The first-order valence-electron chi connectivity index (χ1n) is 4.11. The lowest BCUT2D eigenvalue weighted by atomic mass is 10.3. The van der Waals surface area contributed by atoms with Crippen molar-refractivity contribution in [3.63, 3.8) is 0 Å². The highest BCUT2D eigenvalue weighted by Gasteiger charge is 2.41. The average molecular weight is 259 g/mol. The molecule has 0 aliphatic carbocycles. The standard InChI is InChI=1S/C8H7ClF4N2O/c1-4-2-5(14-15-6(4)9)16-3-8(12,13)7(10)11/h2,7H,3H2,1H3. The van der Waals surface area contributed by atoms with Crippen LogP contribution in [0.4, 0.5) is 17.6 Å². The third kappa shape index (κ3) is 3.19. The van der Waals surface area contributed by atoms with Gasteiger partial charge in [-0.25, -0.2) is 8.78 Å². The van der Waals surface area contributed by atoms with E-state index in [1.54, 1.807) is 6.92 Å². The summed E-state index contributed by atoms with van der Waals surface area (Å²) in [4.78, 5) is 0. The zero-order chi connectivity index (χ0) is 12.3. The van der Waals surface area contributed by atoms with E-state index in [9.17, 15) is 17.6 Å². The Kier molecular flexibility index (Phi) is 3.90. The van der Waals surface area contributed by atoms with E-state index in [0.717, 1.165) is 0 Å². The lowest BCUT2D eigenvalue weighted by molar-refractivity contribution is -0.148. The molecule has 0 aliphatic heterocycles. The maximum absolute atomic E-state index is 12.5. The smallest absolute Gasteiger partial charge is 0.340 e. The summed E-state index contributed by atoms with van der Waals surface area (Å²) in [7, 11) is 0. The zero-order valence-electron chi connectivity index (χ0n) is 8.05. The van der Waals surface area contributed by atoms with Gasteiger partial charge in [0.2, 0.25) is 5.88 Å². The van der Waals surface area contributed by atoms with Crippen molar-refractivity contribution in [3.05, 3.63) is 16.8 Å². The molecule has 0 aliphatic rings. The number of rotatable bonds is 4. The Hall–Kier alpha value is -1.11. The molecule has 0 aromatic carbocycles. The monoisotopic (exact) mass is 258 g/mol. The molecule has 0 spiro atoms. The minimum Gasteiger partial charge on any atom is -0.470 e. The van der Waals surface area contributed by atoms with Gasteiger partial charge < -0.3 is 4.74 Å². The van der Waals surface area contributed by atoms with E-state index in [2.05, 4.69) is 14.9 Å². The van der Waals surface area contributed by atoms with Crippen molar-refractivity contribution in [2.24, 2.45) is 0 Å². The van der Waals surface area contributed by atoms with Crippen molar-refractivity contribution in [2.75, 3.05) is 6.61 Å². The highest BCUT2D eigenvalue weighted by Crippen LogP contribution is 2.24. The average Bonchev–Trinajstić information content (AvgIpc) is 2.20. The summed E-state index contributed by atoms with van der Waals surface area (Å²) < 4.78 is 52.9. The van der Waals surface area contributed by atoms with Crippen molar-refractivity contribution in [1.29, 1.82) is 0 Å². The largest absolute Gasteiger partial charge is 0.470 e. The summed E-state index contributed by atoms with van der Waals surface area (Å²) in [6.45, 7) is 0.0928. The molecule has 0 radical (unpaired) electrons. The van der Waals surface area contributed by atoms with Crippen molar-refractivity contribution in [3.8, 4) is 5.88 Å². The molecule has 8 heteroatoms. The summed E-state index contributed by atoms with van der Waals surface area (Å²) in [5, 5.41) is 6.79. The minimum absolute atomic E-state index is 0.0907. The number of alkyl halides is 4. The van der Waals surface area contributed by atoms with Crippen molar-refractivity contribution in [1.82, 2.24) is 10.2 Å². The van der Waals surface area contributed by atoms with E-state index in [1.165, 1.54) is 6.07 Å². The molecule has 0 atom stereocenters. The van der Waals surface area contributed by atoms with Crippen LogP contribution in [0.2, 0.25) is 5.15 Å². The molecule has 0 saturated carbocycles. The van der Waals surface area contributed by atoms with Crippen molar-refractivity contribution < 1.29 is 22.3 Å². The van der Waals surface area contributed by atoms with E-state index >= 15 is 0 Å². The van der Waals surface area contributed by atoms with Crippen LogP contribution in [0.5, 0.6) is 5.88 Å². The molecule has 0 saturated heterocycles. The highest BCUT2D eigenvalue weighted by molar-refractivity contribution is 6.30. The fourth-order valence-electron chi connectivity index (χ4n) is 0.749. The van der Waals surface area contributed by atoms with Crippen LogP contribution in [0.25, 0.3) is 0 Å². The van der Waals surface area contributed by atoms with Gasteiger partial charge in [-0.15, -0.1) is 10.2 Å². The number of hydrogen-bond donors (Lipinski definition) is 0. The molecule has 1 heterocycles. The molecule has 1 rings (SSSR count). The number of halogens is 5. The quantitative estimate of drug-likeness (QED) is 0.779. The Morgan fingerprint density at radius 1 is 1.44 bits per heavy atom. The molecular formula is C8H7ClF4N2O. The summed E-state index contributed by atoms with van der Waals surface area (Å²) in [5.74, 6) is -4.49. The van der Waals surface area contributed by atoms with E-state index in [-0.39, 0.29) is 11.0 Å². The Labute approximate surface area is 93.4 Å².